The minimum Gasteiger partial charge on any atom is -0.466 e. The van der Waals surface area contributed by atoms with Crippen molar-refractivity contribution < 1.29 is 19.1 Å². The fourth-order valence-corrected chi connectivity index (χ4v) is 4.09. The lowest BCUT2D eigenvalue weighted by atomic mass is 10.2. The van der Waals surface area contributed by atoms with Gasteiger partial charge < -0.3 is 25.5 Å². The molecule has 0 bridgehead atoms. The van der Waals surface area contributed by atoms with Gasteiger partial charge in [0.05, 0.1) is 24.2 Å². The third-order valence-corrected chi connectivity index (χ3v) is 6.12. The number of nitrogens with one attached hydrogen (secondary N) is 3. The number of para-hydroxylation sites is 1. The first-order valence-electron chi connectivity index (χ1n) is 12.7. The fraction of sp³-hybridized carbons (Fsp3) is 0.241. The van der Waals surface area contributed by atoms with Gasteiger partial charge in [0, 0.05) is 35.5 Å². The summed E-state index contributed by atoms with van der Waals surface area (Å²) in [6.07, 6.45) is 0.105. The molecule has 0 saturated heterocycles. The van der Waals surface area contributed by atoms with Gasteiger partial charge in [-0.1, -0.05) is 18.2 Å². The lowest BCUT2D eigenvalue weighted by Crippen LogP contribution is -2.35. The number of aromatic nitrogens is 2. The molecule has 0 aliphatic rings. The zero-order chi connectivity index (χ0) is 27.8. The van der Waals surface area contributed by atoms with E-state index in [2.05, 4.69) is 10.3 Å². The Kier molecular flexibility index (Phi) is 12.4. The number of H-pyrrole nitrogens is 1. The van der Waals surface area contributed by atoms with E-state index in [1.54, 1.807) is 25.1 Å². The van der Waals surface area contributed by atoms with Gasteiger partial charge in [0.15, 0.2) is 0 Å². The maximum Gasteiger partial charge on any atom is 0.419 e. The van der Waals surface area contributed by atoms with Gasteiger partial charge in [-0.15, -0.1) is 24.8 Å². The van der Waals surface area contributed by atoms with Crippen molar-refractivity contribution in [3.05, 3.63) is 83.7 Å². The number of hydrogen-bond donors (Lipinski definition) is 4. The first-order valence-corrected chi connectivity index (χ1v) is 12.7. The number of halogens is 2. The van der Waals surface area contributed by atoms with E-state index in [1.165, 1.54) is 4.90 Å². The monoisotopic (exact) mass is 600 g/mol. The standard InChI is InChI=1S/C29H32N6O4.2ClH/c1-3-38-26(36)10-7-17-35(22-8-5-4-6-9-22)29(37)39-24-16-15-23-27(19(24)2)34-25(33-23)18-32-21-13-11-20(12-14-21)28(30)31;;/h4-6,8-9,11-16,32H,3,7,10,17-18H2,1-2H3,(H3,30,31)(H,33,34);2*1H. The quantitative estimate of drug-likeness (QED) is 0.0943. The first kappa shape index (κ1) is 32.9. The van der Waals surface area contributed by atoms with Crippen LogP contribution in [0.3, 0.4) is 0 Å². The number of carbonyl (C=O) groups excluding carboxylic acids is 2. The van der Waals surface area contributed by atoms with Gasteiger partial charge in [-0.05, 0) is 68.8 Å². The molecule has 0 fully saturated rings. The molecule has 3 aromatic carbocycles. The maximum absolute atomic E-state index is 13.3. The van der Waals surface area contributed by atoms with E-state index in [0.717, 1.165) is 22.6 Å². The molecule has 1 amide bonds. The molecule has 0 aliphatic heterocycles. The van der Waals surface area contributed by atoms with Gasteiger partial charge in [-0.3, -0.25) is 15.1 Å². The predicted octanol–water partition coefficient (Wildman–Crippen LogP) is 5.96. The van der Waals surface area contributed by atoms with Crippen LogP contribution in [0.25, 0.3) is 11.0 Å². The van der Waals surface area contributed by atoms with E-state index >= 15 is 0 Å². The Labute approximate surface area is 250 Å². The van der Waals surface area contributed by atoms with Crippen molar-refractivity contribution >= 4 is 65.1 Å². The minimum absolute atomic E-state index is 0. The Morgan fingerprint density at radius 1 is 1.05 bits per heavy atom. The molecule has 5 N–H and O–H groups in total. The molecule has 10 nitrogen and oxygen atoms in total. The summed E-state index contributed by atoms with van der Waals surface area (Å²) in [6.45, 7) is 4.69. The average molecular weight is 602 g/mol. The predicted molar refractivity (Wildman–Crippen MR) is 166 cm³/mol. The molecular formula is C29H34Cl2N6O4. The lowest BCUT2D eigenvalue weighted by molar-refractivity contribution is -0.143. The molecule has 41 heavy (non-hydrogen) atoms. The van der Waals surface area contributed by atoms with Crippen molar-refractivity contribution in [2.45, 2.75) is 33.2 Å². The molecule has 4 aromatic rings. The highest BCUT2D eigenvalue weighted by Gasteiger charge is 2.20. The molecule has 0 saturated carbocycles. The molecule has 218 valence electrons. The van der Waals surface area contributed by atoms with Crippen molar-refractivity contribution in [3.63, 3.8) is 0 Å². The summed E-state index contributed by atoms with van der Waals surface area (Å²) in [5.74, 6) is 0.855. The van der Waals surface area contributed by atoms with Gasteiger partial charge in [0.2, 0.25) is 0 Å². The number of benzene rings is 3. The number of imidazole rings is 1. The summed E-state index contributed by atoms with van der Waals surface area (Å²) in [7, 11) is 0. The first-order chi connectivity index (χ1) is 18.9. The molecule has 0 spiro atoms. The second kappa shape index (κ2) is 15.5. The second-order valence-corrected chi connectivity index (χ2v) is 8.88. The van der Waals surface area contributed by atoms with Crippen molar-refractivity contribution in [2.75, 3.05) is 23.4 Å². The average Bonchev–Trinajstić information content (AvgIpc) is 3.36. The lowest BCUT2D eigenvalue weighted by Gasteiger charge is -2.22. The Bertz CT molecular complexity index is 1460. The van der Waals surface area contributed by atoms with Crippen molar-refractivity contribution in [3.8, 4) is 5.75 Å². The number of rotatable bonds is 11. The highest BCUT2D eigenvalue weighted by Crippen LogP contribution is 2.27. The van der Waals surface area contributed by atoms with Crippen LogP contribution in [0.5, 0.6) is 5.75 Å². The Hall–Kier alpha value is -4.28. The van der Waals surface area contributed by atoms with Crippen LogP contribution in [-0.4, -0.2) is 41.0 Å². The number of amidine groups is 1. The van der Waals surface area contributed by atoms with E-state index < -0.39 is 6.09 Å². The second-order valence-electron chi connectivity index (χ2n) is 8.88. The van der Waals surface area contributed by atoms with Gasteiger partial charge >= 0.3 is 12.1 Å². The van der Waals surface area contributed by atoms with Crippen molar-refractivity contribution in [1.29, 1.82) is 5.41 Å². The number of esters is 1. The number of hydrogen-bond acceptors (Lipinski definition) is 7. The molecule has 1 aromatic heterocycles. The summed E-state index contributed by atoms with van der Waals surface area (Å²) in [5.41, 5.74) is 9.98. The third-order valence-electron chi connectivity index (χ3n) is 6.12. The molecule has 4 rings (SSSR count). The molecular weight excluding hydrogens is 567 g/mol. The summed E-state index contributed by atoms with van der Waals surface area (Å²) in [5, 5.41) is 10.8. The zero-order valence-electron chi connectivity index (χ0n) is 22.8. The number of amides is 1. The van der Waals surface area contributed by atoms with Crippen LogP contribution in [0.4, 0.5) is 16.2 Å². The number of carbonyl (C=O) groups is 2. The van der Waals surface area contributed by atoms with Crippen LogP contribution in [-0.2, 0) is 16.1 Å². The largest absolute Gasteiger partial charge is 0.466 e. The van der Waals surface area contributed by atoms with E-state index in [4.69, 9.17) is 25.6 Å². The number of aryl methyl sites for hydroxylation is 1. The van der Waals surface area contributed by atoms with Gasteiger partial charge in [0.1, 0.15) is 17.4 Å². The minimum atomic E-state index is -0.543. The SMILES string of the molecule is CCOC(=O)CCCN(C(=O)Oc1ccc2[nH]c(CNc3ccc(C(=N)N)cc3)nc2c1C)c1ccccc1.Cl.Cl. The van der Waals surface area contributed by atoms with E-state index in [-0.39, 0.29) is 43.0 Å². The van der Waals surface area contributed by atoms with Crippen LogP contribution in [0.15, 0.2) is 66.7 Å². The van der Waals surface area contributed by atoms with Crippen LogP contribution in [0, 0.1) is 12.3 Å². The molecule has 1 heterocycles. The number of fused-ring (bicyclic) bond motifs is 1. The Morgan fingerprint density at radius 2 is 1.76 bits per heavy atom. The highest BCUT2D eigenvalue weighted by molar-refractivity contribution is 5.95. The normalized spacial score (nSPS) is 10.2. The summed E-state index contributed by atoms with van der Waals surface area (Å²) in [4.78, 5) is 34.5. The van der Waals surface area contributed by atoms with Crippen molar-refractivity contribution in [2.24, 2.45) is 5.73 Å². The zero-order valence-corrected chi connectivity index (χ0v) is 24.4. The number of nitrogens with two attached hydrogens (primary N) is 1. The number of anilines is 2. The summed E-state index contributed by atoms with van der Waals surface area (Å²) < 4.78 is 10.8. The van der Waals surface area contributed by atoms with Crippen LogP contribution in [0.2, 0.25) is 0 Å². The van der Waals surface area contributed by atoms with Crippen LogP contribution < -0.4 is 20.7 Å². The third kappa shape index (κ3) is 8.60. The van der Waals surface area contributed by atoms with E-state index in [1.807, 2.05) is 55.5 Å². The molecule has 0 aliphatic carbocycles. The number of nitrogens with zero attached hydrogens (tertiary/aromatic N) is 2. The maximum atomic E-state index is 13.3. The summed E-state index contributed by atoms with van der Waals surface area (Å²) in [6, 6.07) is 20.0. The summed E-state index contributed by atoms with van der Waals surface area (Å²) >= 11 is 0. The highest BCUT2D eigenvalue weighted by atomic mass is 35.5. The van der Waals surface area contributed by atoms with Gasteiger partial charge in [-0.2, -0.15) is 0 Å². The molecule has 12 heteroatoms. The van der Waals surface area contributed by atoms with E-state index in [9.17, 15) is 9.59 Å². The number of ether oxygens (including phenoxy) is 2. The Morgan fingerprint density at radius 3 is 2.41 bits per heavy atom. The van der Waals surface area contributed by atoms with Gasteiger partial charge in [0.25, 0.3) is 0 Å². The van der Waals surface area contributed by atoms with E-state index in [0.29, 0.717) is 48.6 Å². The molecule has 0 unspecified atom stereocenters. The molecule has 0 atom stereocenters. The van der Waals surface area contributed by atoms with Crippen LogP contribution >= 0.6 is 24.8 Å². The fourth-order valence-electron chi connectivity index (χ4n) is 4.09. The molecule has 0 radical (unpaired) electrons. The number of aromatic amines is 1. The van der Waals surface area contributed by atoms with Crippen molar-refractivity contribution in [1.82, 2.24) is 9.97 Å². The topological polar surface area (TPSA) is 146 Å². The Balaban J connectivity index is 0.00000294. The van der Waals surface area contributed by atoms with Crippen LogP contribution in [0.1, 0.15) is 36.7 Å². The number of nitrogen functional groups attached to an aromatic ring is 1. The van der Waals surface area contributed by atoms with Gasteiger partial charge in [-0.25, -0.2) is 9.78 Å². The smallest absolute Gasteiger partial charge is 0.419 e.